The third kappa shape index (κ3) is 4.79. The first-order valence-corrected chi connectivity index (χ1v) is 6.59. The Kier molecular flexibility index (Phi) is 6.90. The predicted molar refractivity (Wildman–Crippen MR) is 68.4 cm³/mol. The van der Waals surface area contributed by atoms with Crippen LogP contribution in [0.1, 0.15) is 51.6 Å². The summed E-state index contributed by atoms with van der Waals surface area (Å²) in [7, 11) is 0. The summed E-state index contributed by atoms with van der Waals surface area (Å²) in [6.45, 7) is 7.53. The van der Waals surface area contributed by atoms with E-state index in [-0.39, 0.29) is 0 Å². The van der Waals surface area contributed by atoms with Crippen molar-refractivity contribution in [3.05, 3.63) is 18.0 Å². The molecule has 0 saturated heterocycles. The Balaban J connectivity index is 2.13. The molecule has 1 heterocycles. The second-order valence-electron chi connectivity index (χ2n) is 4.28. The van der Waals surface area contributed by atoms with Crippen molar-refractivity contribution in [3.63, 3.8) is 0 Å². The van der Waals surface area contributed by atoms with E-state index in [1.807, 2.05) is 6.20 Å². The maximum atomic E-state index is 4.31. The van der Waals surface area contributed by atoms with Crippen molar-refractivity contribution in [2.75, 3.05) is 6.54 Å². The lowest BCUT2D eigenvalue weighted by atomic mass is 10.2. The smallest absolute Gasteiger partial charge is 0.0522 e. The van der Waals surface area contributed by atoms with Gasteiger partial charge in [-0.2, -0.15) is 5.10 Å². The van der Waals surface area contributed by atoms with Gasteiger partial charge in [-0.15, -0.1) is 0 Å². The molecule has 1 aromatic heterocycles. The highest BCUT2D eigenvalue weighted by Gasteiger charge is 2.00. The highest BCUT2D eigenvalue weighted by Crippen LogP contribution is 2.01. The van der Waals surface area contributed by atoms with Crippen LogP contribution in [0.15, 0.2) is 12.3 Å². The summed E-state index contributed by atoms with van der Waals surface area (Å²) in [6, 6.07) is 2.11. The van der Waals surface area contributed by atoms with Gasteiger partial charge in [0.25, 0.3) is 0 Å². The fourth-order valence-corrected chi connectivity index (χ4v) is 1.82. The lowest BCUT2D eigenvalue weighted by molar-refractivity contribution is 0.537. The van der Waals surface area contributed by atoms with Crippen LogP contribution in [0.3, 0.4) is 0 Å². The summed E-state index contributed by atoms with van der Waals surface area (Å²) in [5, 5.41) is 7.80. The molecule has 3 heteroatoms. The quantitative estimate of drug-likeness (QED) is 0.652. The Morgan fingerprint density at radius 3 is 2.81 bits per heavy atom. The van der Waals surface area contributed by atoms with Gasteiger partial charge in [0.05, 0.1) is 5.69 Å². The number of hydrogen-bond acceptors (Lipinski definition) is 2. The second kappa shape index (κ2) is 8.34. The molecule has 0 atom stereocenters. The van der Waals surface area contributed by atoms with E-state index >= 15 is 0 Å². The third-order valence-electron chi connectivity index (χ3n) is 2.75. The van der Waals surface area contributed by atoms with Gasteiger partial charge in [-0.25, -0.2) is 0 Å². The maximum absolute atomic E-state index is 4.31. The minimum Gasteiger partial charge on any atom is -0.311 e. The van der Waals surface area contributed by atoms with Crippen molar-refractivity contribution in [1.82, 2.24) is 15.1 Å². The number of nitrogens with zero attached hydrogens (tertiary/aromatic N) is 2. The predicted octanol–water partition coefficient (Wildman–Crippen LogP) is 2.96. The van der Waals surface area contributed by atoms with Gasteiger partial charge in [0.15, 0.2) is 0 Å². The largest absolute Gasteiger partial charge is 0.311 e. The van der Waals surface area contributed by atoms with Gasteiger partial charge in [-0.05, 0) is 25.5 Å². The highest BCUT2D eigenvalue weighted by molar-refractivity contribution is 4.99. The van der Waals surface area contributed by atoms with Crippen molar-refractivity contribution < 1.29 is 0 Å². The van der Waals surface area contributed by atoms with Gasteiger partial charge < -0.3 is 5.32 Å². The molecule has 1 aromatic rings. The molecule has 1 rings (SSSR count). The molecule has 0 unspecified atom stereocenters. The van der Waals surface area contributed by atoms with E-state index in [0.29, 0.717) is 0 Å². The topological polar surface area (TPSA) is 29.9 Å². The lowest BCUT2D eigenvalue weighted by Crippen LogP contribution is -2.18. The molecule has 0 aromatic carbocycles. The molecule has 16 heavy (non-hydrogen) atoms. The van der Waals surface area contributed by atoms with Crippen molar-refractivity contribution >= 4 is 0 Å². The fraction of sp³-hybridized carbons (Fsp3) is 0.769. The summed E-state index contributed by atoms with van der Waals surface area (Å²) in [5.41, 5.74) is 1.30. The third-order valence-corrected chi connectivity index (χ3v) is 2.75. The minimum atomic E-state index is 0.951. The zero-order chi connectivity index (χ0) is 11.6. The first-order chi connectivity index (χ1) is 7.88. The highest BCUT2D eigenvalue weighted by atomic mass is 15.3. The van der Waals surface area contributed by atoms with Gasteiger partial charge in [0.2, 0.25) is 0 Å². The SMILES string of the molecule is CCCCCCNCc1ccnn1CCC. The Labute approximate surface area is 99.2 Å². The van der Waals surface area contributed by atoms with Crippen LogP contribution >= 0.6 is 0 Å². The molecular formula is C13H25N3. The van der Waals surface area contributed by atoms with Crippen LogP contribution < -0.4 is 5.32 Å². The number of nitrogens with one attached hydrogen (secondary N) is 1. The van der Waals surface area contributed by atoms with E-state index in [4.69, 9.17) is 0 Å². The van der Waals surface area contributed by atoms with Gasteiger partial charge in [0.1, 0.15) is 0 Å². The van der Waals surface area contributed by atoms with Crippen LogP contribution in [0, 0.1) is 0 Å². The van der Waals surface area contributed by atoms with Crippen LogP contribution in [0.5, 0.6) is 0 Å². The Morgan fingerprint density at radius 1 is 1.19 bits per heavy atom. The fourth-order valence-electron chi connectivity index (χ4n) is 1.82. The van der Waals surface area contributed by atoms with Crippen molar-refractivity contribution in [3.8, 4) is 0 Å². The molecule has 0 aliphatic rings. The molecule has 0 amide bonds. The number of aromatic nitrogens is 2. The van der Waals surface area contributed by atoms with Crippen LogP contribution in [0.4, 0.5) is 0 Å². The van der Waals surface area contributed by atoms with E-state index in [1.165, 1.54) is 31.4 Å². The van der Waals surface area contributed by atoms with Gasteiger partial charge in [-0.1, -0.05) is 33.1 Å². The van der Waals surface area contributed by atoms with Gasteiger partial charge >= 0.3 is 0 Å². The van der Waals surface area contributed by atoms with Crippen molar-refractivity contribution in [2.45, 2.75) is 59.0 Å². The minimum absolute atomic E-state index is 0.951. The molecule has 0 fully saturated rings. The summed E-state index contributed by atoms with van der Waals surface area (Å²) in [6.07, 6.45) is 8.33. The van der Waals surface area contributed by atoms with E-state index < -0.39 is 0 Å². The van der Waals surface area contributed by atoms with Crippen molar-refractivity contribution in [1.29, 1.82) is 0 Å². The number of unbranched alkanes of at least 4 members (excludes halogenated alkanes) is 3. The Bertz CT molecular complexity index is 268. The van der Waals surface area contributed by atoms with Crippen molar-refractivity contribution in [2.24, 2.45) is 0 Å². The molecule has 0 aliphatic heterocycles. The van der Waals surface area contributed by atoms with E-state index in [1.54, 1.807) is 0 Å². The van der Waals surface area contributed by atoms with Crippen LogP contribution in [-0.2, 0) is 13.1 Å². The summed E-state index contributed by atoms with van der Waals surface area (Å²) >= 11 is 0. The van der Waals surface area contributed by atoms with E-state index in [0.717, 1.165) is 26.1 Å². The first kappa shape index (κ1) is 13.2. The van der Waals surface area contributed by atoms with Gasteiger partial charge in [0, 0.05) is 19.3 Å². The summed E-state index contributed by atoms with van der Waals surface area (Å²) in [5.74, 6) is 0. The molecule has 0 radical (unpaired) electrons. The van der Waals surface area contributed by atoms with Crippen LogP contribution in [0.25, 0.3) is 0 Å². The number of aryl methyl sites for hydroxylation is 1. The Morgan fingerprint density at radius 2 is 2.06 bits per heavy atom. The number of rotatable bonds is 9. The molecular weight excluding hydrogens is 198 g/mol. The summed E-state index contributed by atoms with van der Waals surface area (Å²) in [4.78, 5) is 0. The van der Waals surface area contributed by atoms with E-state index in [9.17, 15) is 0 Å². The monoisotopic (exact) mass is 223 g/mol. The average molecular weight is 223 g/mol. The zero-order valence-corrected chi connectivity index (χ0v) is 10.7. The standard InChI is InChI=1S/C13H25N3/c1-3-5-6-7-9-14-12-13-8-10-15-16(13)11-4-2/h8,10,14H,3-7,9,11-12H2,1-2H3. The normalized spacial score (nSPS) is 10.9. The molecule has 3 nitrogen and oxygen atoms in total. The Hall–Kier alpha value is -0.830. The molecule has 0 aliphatic carbocycles. The summed E-state index contributed by atoms with van der Waals surface area (Å²) < 4.78 is 2.10. The molecule has 0 saturated carbocycles. The van der Waals surface area contributed by atoms with Crippen LogP contribution in [0.2, 0.25) is 0 Å². The maximum Gasteiger partial charge on any atom is 0.0522 e. The zero-order valence-electron chi connectivity index (χ0n) is 10.7. The van der Waals surface area contributed by atoms with Gasteiger partial charge in [-0.3, -0.25) is 4.68 Å². The number of hydrogen-bond donors (Lipinski definition) is 1. The molecule has 0 bridgehead atoms. The molecule has 0 spiro atoms. The lowest BCUT2D eigenvalue weighted by Gasteiger charge is -2.07. The molecule has 1 N–H and O–H groups in total. The first-order valence-electron chi connectivity index (χ1n) is 6.59. The average Bonchev–Trinajstić information content (AvgIpc) is 2.72. The van der Waals surface area contributed by atoms with Crippen LogP contribution in [-0.4, -0.2) is 16.3 Å². The molecule has 92 valence electrons. The second-order valence-corrected chi connectivity index (χ2v) is 4.28. The van der Waals surface area contributed by atoms with E-state index in [2.05, 4.69) is 35.0 Å².